The van der Waals surface area contributed by atoms with E-state index < -0.39 is 11.8 Å². The van der Waals surface area contributed by atoms with Crippen LogP contribution in [0.1, 0.15) is 15.9 Å². The van der Waals surface area contributed by atoms with Crippen LogP contribution in [0, 0.1) is 5.82 Å². The Kier molecular flexibility index (Phi) is 4.16. The summed E-state index contributed by atoms with van der Waals surface area (Å²) < 4.78 is 19.4. The Hall–Kier alpha value is -1.88. The Morgan fingerprint density at radius 3 is 2.68 bits per heavy atom. The highest BCUT2D eigenvalue weighted by atomic mass is 79.9. The second-order valence-electron chi connectivity index (χ2n) is 3.83. The summed E-state index contributed by atoms with van der Waals surface area (Å²) in [5, 5.41) is 9.00. The third-order valence-corrected chi connectivity index (χ3v) is 3.29. The minimum Gasteiger partial charge on any atom is -0.488 e. The molecule has 0 saturated carbocycles. The van der Waals surface area contributed by atoms with Crippen LogP contribution in [0.4, 0.5) is 4.39 Å². The maximum atomic E-state index is 13.1. The molecule has 0 amide bonds. The number of ether oxygens (including phenoxy) is 1. The first-order valence-electron chi connectivity index (χ1n) is 5.47. The topological polar surface area (TPSA) is 46.5 Å². The molecule has 5 heteroatoms. The summed E-state index contributed by atoms with van der Waals surface area (Å²) in [4.78, 5) is 11.0. The Bertz CT molecular complexity index is 613. The van der Waals surface area contributed by atoms with Gasteiger partial charge in [-0.15, -0.1) is 0 Å². The van der Waals surface area contributed by atoms with Crippen molar-refractivity contribution in [1.82, 2.24) is 0 Å². The van der Waals surface area contributed by atoms with Crippen molar-refractivity contribution in [2.45, 2.75) is 6.61 Å². The number of carboxylic acids is 1. The van der Waals surface area contributed by atoms with Crippen molar-refractivity contribution in [3.63, 3.8) is 0 Å². The van der Waals surface area contributed by atoms with Gasteiger partial charge in [0, 0.05) is 16.1 Å². The second kappa shape index (κ2) is 5.84. The molecule has 3 nitrogen and oxygen atoms in total. The van der Waals surface area contributed by atoms with E-state index in [2.05, 4.69) is 15.9 Å². The average Bonchev–Trinajstić information content (AvgIpc) is 2.37. The van der Waals surface area contributed by atoms with Crippen LogP contribution < -0.4 is 4.74 Å². The van der Waals surface area contributed by atoms with Crippen molar-refractivity contribution in [1.29, 1.82) is 0 Å². The van der Waals surface area contributed by atoms with E-state index in [0.29, 0.717) is 0 Å². The van der Waals surface area contributed by atoms with Gasteiger partial charge in [0.1, 0.15) is 23.7 Å². The Balaban J connectivity index is 2.22. The highest BCUT2D eigenvalue weighted by Gasteiger charge is 2.12. The molecule has 2 aromatic rings. The molecule has 0 atom stereocenters. The molecule has 0 unspecified atom stereocenters. The third-order valence-electron chi connectivity index (χ3n) is 2.52. The lowest BCUT2D eigenvalue weighted by molar-refractivity contribution is 0.0691. The van der Waals surface area contributed by atoms with Gasteiger partial charge in [0.15, 0.2) is 0 Å². The molecule has 0 radical (unpaired) electrons. The third kappa shape index (κ3) is 3.32. The standard InChI is InChI=1S/C14H10BrFO3/c15-12-4-2-1-3-9(12)8-19-13-7-10(16)5-6-11(13)14(17)18/h1-7H,8H2,(H,17,18). The zero-order valence-electron chi connectivity index (χ0n) is 9.77. The SMILES string of the molecule is O=C(O)c1ccc(F)cc1OCc1ccccc1Br. The molecule has 2 rings (SSSR count). The first-order chi connectivity index (χ1) is 9.08. The van der Waals surface area contributed by atoms with Gasteiger partial charge in [-0.2, -0.15) is 0 Å². The van der Waals surface area contributed by atoms with Crippen molar-refractivity contribution in [2.75, 3.05) is 0 Å². The minimum atomic E-state index is -1.15. The summed E-state index contributed by atoms with van der Waals surface area (Å²) in [5.41, 5.74) is 0.788. The molecule has 0 aliphatic heterocycles. The lowest BCUT2D eigenvalue weighted by atomic mass is 10.2. The number of hydrogen-bond acceptors (Lipinski definition) is 2. The van der Waals surface area contributed by atoms with E-state index in [9.17, 15) is 9.18 Å². The summed E-state index contributed by atoms with van der Waals surface area (Å²) in [7, 11) is 0. The van der Waals surface area contributed by atoms with E-state index in [1.54, 1.807) is 0 Å². The van der Waals surface area contributed by atoms with Crippen LogP contribution in [0.2, 0.25) is 0 Å². The normalized spacial score (nSPS) is 10.2. The fraction of sp³-hybridized carbons (Fsp3) is 0.0714. The number of halogens is 2. The lowest BCUT2D eigenvalue weighted by Crippen LogP contribution is -2.04. The van der Waals surface area contributed by atoms with Crippen molar-refractivity contribution >= 4 is 21.9 Å². The van der Waals surface area contributed by atoms with Gasteiger partial charge >= 0.3 is 5.97 Å². The molecule has 0 saturated heterocycles. The molecule has 0 heterocycles. The van der Waals surface area contributed by atoms with Gasteiger partial charge in [-0.25, -0.2) is 9.18 Å². The van der Waals surface area contributed by atoms with Crippen molar-refractivity contribution < 1.29 is 19.0 Å². The predicted molar refractivity (Wildman–Crippen MR) is 71.8 cm³/mol. The summed E-state index contributed by atoms with van der Waals surface area (Å²) in [6.45, 7) is 0.158. The van der Waals surface area contributed by atoms with Crippen LogP contribution in [0.25, 0.3) is 0 Å². The fourth-order valence-corrected chi connectivity index (χ4v) is 1.96. The van der Waals surface area contributed by atoms with Crippen LogP contribution in [-0.2, 0) is 6.61 Å². The van der Waals surface area contributed by atoms with Gasteiger partial charge < -0.3 is 9.84 Å². The second-order valence-corrected chi connectivity index (χ2v) is 4.68. The summed E-state index contributed by atoms with van der Waals surface area (Å²) in [5.74, 6) is -1.67. The first-order valence-corrected chi connectivity index (χ1v) is 6.26. The number of aromatic carboxylic acids is 1. The summed E-state index contributed by atoms with van der Waals surface area (Å²) >= 11 is 3.36. The number of carbonyl (C=O) groups is 1. The molecule has 1 N–H and O–H groups in total. The lowest BCUT2D eigenvalue weighted by Gasteiger charge is -2.10. The first kappa shape index (κ1) is 13.5. The van der Waals surface area contributed by atoms with Gasteiger partial charge in [0.05, 0.1) is 0 Å². The summed E-state index contributed by atoms with van der Waals surface area (Å²) in [6, 6.07) is 10.7. The highest BCUT2D eigenvalue weighted by molar-refractivity contribution is 9.10. The Morgan fingerprint density at radius 1 is 1.26 bits per heavy atom. The number of benzene rings is 2. The molecule has 0 aliphatic rings. The maximum absolute atomic E-state index is 13.1. The Morgan fingerprint density at radius 2 is 2.00 bits per heavy atom. The largest absolute Gasteiger partial charge is 0.488 e. The monoisotopic (exact) mass is 324 g/mol. The molecule has 0 aromatic heterocycles. The number of hydrogen-bond donors (Lipinski definition) is 1. The fourth-order valence-electron chi connectivity index (χ4n) is 1.56. The van der Waals surface area contributed by atoms with Gasteiger partial charge in [-0.05, 0) is 18.2 Å². The smallest absolute Gasteiger partial charge is 0.339 e. The zero-order chi connectivity index (χ0) is 13.8. The molecule has 0 aliphatic carbocycles. The van der Waals surface area contributed by atoms with E-state index in [4.69, 9.17) is 9.84 Å². The van der Waals surface area contributed by atoms with Crippen molar-refractivity contribution in [3.05, 3.63) is 63.9 Å². The molecule has 19 heavy (non-hydrogen) atoms. The maximum Gasteiger partial charge on any atom is 0.339 e. The van der Waals surface area contributed by atoms with Crippen LogP contribution >= 0.6 is 15.9 Å². The van der Waals surface area contributed by atoms with Crippen molar-refractivity contribution in [2.24, 2.45) is 0 Å². The molecule has 0 bridgehead atoms. The van der Waals surface area contributed by atoms with Crippen LogP contribution in [0.15, 0.2) is 46.9 Å². The molecule has 0 fully saturated rings. The van der Waals surface area contributed by atoms with Gasteiger partial charge in [0.25, 0.3) is 0 Å². The van der Waals surface area contributed by atoms with Gasteiger partial charge in [0.2, 0.25) is 0 Å². The molecule has 2 aromatic carbocycles. The van der Waals surface area contributed by atoms with E-state index in [0.717, 1.165) is 22.2 Å². The predicted octanol–water partition coefficient (Wildman–Crippen LogP) is 3.87. The van der Waals surface area contributed by atoms with Crippen LogP contribution in [-0.4, -0.2) is 11.1 Å². The van der Waals surface area contributed by atoms with E-state index in [1.807, 2.05) is 24.3 Å². The van der Waals surface area contributed by atoms with Crippen molar-refractivity contribution in [3.8, 4) is 5.75 Å². The van der Waals surface area contributed by atoms with E-state index in [1.165, 1.54) is 6.07 Å². The highest BCUT2D eigenvalue weighted by Crippen LogP contribution is 2.23. The quantitative estimate of drug-likeness (QED) is 0.928. The molecular formula is C14H10BrFO3. The van der Waals surface area contributed by atoms with Gasteiger partial charge in [-0.1, -0.05) is 34.1 Å². The summed E-state index contributed by atoms with van der Waals surface area (Å²) in [6.07, 6.45) is 0. The van der Waals surface area contributed by atoms with Crippen LogP contribution in [0.5, 0.6) is 5.75 Å². The number of carboxylic acid groups (broad SMARTS) is 1. The van der Waals surface area contributed by atoms with E-state index in [-0.39, 0.29) is 17.9 Å². The minimum absolute atomic E-state index is 0.0169. The molecule has 0 spiro atoms. The zero-order valence-corrected chi connectivity index (χ0v) is 11.4. The molecule has 98 valence electrons. The van der Waals surface area contributed by atoms with Gasteiger partial charge in [-0.3, -0.25) is 0 Å². The van der Waals surface area contributed by atoms with E-state index >= 15 is 0 Å². The Labute approximate surface area is 117 Å². The number of rotatable bonds is 4. The average molecular weight is 325 g/mol. The van der Waals surface area contributed by atoms with Crippen LogP contribution in [0.3, 0.4) is 0 Å². The molecular weight excluding hydrogens is 315 g/mol.